The molecular formula is C22H30N2O3. The molecule has 0 N–H and O–H groups in total. The summed E-state index contributed by atoms with van der Waals surface area (Å²) >= 11 is 0. The van der Waals surface area contributed by atoms with E-state index in [-0.39, 0.29) is 29.9 Å². The number of allylic oxidation sites excluding steroid dienone is 2. The minimum atomic E-state index is -0.251. The fraction of sp³-hybridized carbons (Fsp3) is 0.773. The Morgan fingerprint density at radius 2 is 1.78 bits per heavy atom. The third-order valence-corrected chi connectivity index (χ3v) is 7.27. The number of hydrogen-bond donors (Lipinski definition) is 0. The number of esters is 1. The van der Waals surface area contributed by atoms with E-state index in [2.05, 4.69) is 12.1 Å². The van der Waals surface area contributed by atoms with Crippen molar-refractivity contribution in [1.82, 2.24) is 4.90 Å². The van der Waals surface area contributed by atoms with E-state index < -0.39 is 0 Å². The Balaban J connectivity index is 1.42. The highest BCUT2D eigenvalue weighted by Crippen LogP contribution is 2.57. The summed E-state index contributed by atoms with van der Waals surface area (Å²) in [5.74, 6) is 1.71. The molecule has 0 heterocycles. The van der Waals surface area contributed by atoms with Crippen molar-refractivity contribution in [3.05, 3.63) is 12.2 Å². The van der Waals surface area contributed by atoms with Crippen LogP contribution >= 0.6 is 0 Å². The van der Waals surface area contributed by atoms with Crippen LogP contribution in [0.4, 0.5) is 0 Å². The molecule has 0 radical (unpaired) electrons. The van der Waals surface area contributed by atoms with Crippen LogP contribution in [0.15, 0.2) is 12.2 Å². The first kappa shape index (κ1) is 18.5. The highest BCUT2D eigenvalue weighted by atomic mass is 16.5. The molecule has 0 spiro atoms. The molecule has 0 saturated heterocycles. The number of carbonyl (C=O) groups is 2. The SMILES string of the molecule is N#CCCN(C(=O)COC(=O)[C@H]1CC=CCC1)C12CC3CC(CC(C3)C1)C2. The van der Waals surface area contributed by atoms with Crippen LogP contribution in [0.3, 0.4) is 0 Å². The van der Waals surface area contributed by atoms with Crippen molar-refractivity contribution in [2.75, 3.05) is 13.2 Å². The van der Waals surface area contributed by atoms with E-state index in [0.717, 1.165) is 49.9 Å². The quantitative estimate of drug-likeness (QED) is 0.529. The largest absolute Gasteiger partial charge is 0.455 e. The van der Waals surface area contributed by atoms with Crippen LogP contribution in [0.5, 0.6) is 0 Å². The lowest BCUT2D eigenvalue weighted by Crippen LogP contribution is -2.62. The Morgan fingerprint density at radius 3 is 2.33 bits per heavy atom. The second kappa shape index (κ2) is 7.66. The van der Waals surface area contributed by atoms with E-state index >= 15 is 0 Å². The summed E-state index contributed by atoms with van der Waals surface area (Å²) in [4.78, 5) is 27.3. The summed E-state index contributed by atoms with van der Waals surface area (Å²) in [5, 5.41) is 9.09. The maximum absolute atomic E-state index is 13.1. The Bertz CT molecular complexity index is 628. The molecule has 4 saturated carbocycles. The van der Waals surface area contributed by atoms with Gasteiger partial charge in [0.2, 0.25) is 0 Å². The van der Waals surface area contributed by atoms with Gasteiger partial charge in [-0.15, -0.1) is 0 Å². The van der Waals surface area contributed by atoms with Gasteiger partial charge in [0, 0.05) is 12.1 Å². The smallest absolute Gasteiger partial charge is 0.309 e. The van der Waals surface area contributed by atoms with Crippen molar-refractivity contribution in [3.8, 4) is 6.07 Å². The molecule has 4 fully saturated rings. The molecule has 0 aromatic carbocycles. The summed E-state index contributed by atoms with van der Waals surface area (Å²) < 4.78 is 5.42. The van der Waals surface area contributed by atoms with Crippen LogP contribution in [0.1, 0.15) is 64.2 Å². The van der Waals surface area contributed by atoms with Gasteiger partial charge in [-0.2, -0.15) is 5.26 Å². The number of nitriles is 1. The second-order valence-electron chi connectivity index (χ2n) is 9.18. The highest BCUT2D eigenvalue weighted by Gasteiger charge is 2.54. The average molecular weight is 370 g/mol. The normalized spacial score (nSPS) is 36.3. The van der Waals surface area contributed by atoms with Crippen molar-refractivity contribution in [2.45, 2.75) is 69.7 Å². The van der Waals surface area contributed by atoms with Crippen LogP contribution in [0, 0.1) is 35.0 Å². The summed E-state index contributed by atoms with van der Waals surface area (Å²) in [5.41, 5.74) is -0.0946. The van der Waals surface area contributed by atoms with E-state index in [1.165, 1.54) is 19.3 Å². The number of nitrogens with zero attached hydrogens (tertiary/aromatic N) is 2. The molecular weight excluding hydrogens is 340 g/mol. The molecule has 0 aromatic heterocycles. The van der Waals surface area contributed by atoms with Gasteiger partial charge in [0.05, 0.1) is 18.4 Å². The Morgan fingerprint density at radius 1 is 1.11 bits per heavy atom. The fourth-order valence-corrected chi connectivity index (χ4v) is 6.52. The number of ether oxygens (including phenoxy) is 1. The zero-order valence-corrected chi connectivity index (χ0v) is 16.1. The maximum Gasteiger partial charge on any atom is 0.309 e. The van der Waals surface area contributed by atoms with Crippen LogP contribution in [-0.4, -0.2) is 35.5 Å². The second-order valence-corrected chi connectivity index (χ2v) is 9.18. The molecule has 5 rings (SSSR count). The number of rotatable bonds is 6. The number of carbonyl (C=O) groups excluding carboxylic acids is 2. The zero-order valence-electron chi connectivity index (χ0n) is 16.1. The third kappa shape index (κ3) is 3.77. The molecule has 5 nitrogen and oxygen atoms in total. The van der Waals surface area contributed by atoms with Gasteiger partial charge >= 0.3 is 5.97 Å². The Kier molecular flexibility index (Phi) is 5.25. The Hall–Kier alpha value is -1.83. The lowest BCUT2D eigenvalue weighted by Gasteiger charge is -2.60. The van der Waals surface area contributed by atoms with Crippen molar-refractivity contribution < 1.29 is 14.3 Å². The van der Waals surface area contributed by atoms with Crippen LogP contribution < -0.4 is 0 Å². The first-order valence-corrected chi connectivity index (χ1v) is 10.6. The molecule has 5 aliphatic rings. The van der Waals surface area contributed by atoms with Gasteiger partial charge in [-0.1, -0.05) is 12.2 Å². The van der Waals surface area contributed by atoms with E-state index in [1.807, 2.05) is 11.0 Å². The number of amides is 1. The van der Waals surface area contributed by atoms with E-state index in [9.17, 15) is 9.59 Å². The molecule has 146 valence electrons. The predicted molar refractivity (Wildman–Crippen MR) is 100 cm³/mol. The molecule has 5 heteroatoms. The third-order valence-electron chi connectivity index (χ3n) is 7.27. The van der Waals surface area contributed by atoms with E-state index in [0.29, 0.717) is 19.4 Å². The van der Waals surface area contributed by atoms with Crippen molar-refractivity contribution in [3.63, 3.8) is 0 Å². The van der Waals surface area contributed by atoms with E-state index in [4.69, 9.17) is 10.00 Å². The van der Waals surface area contributed by atoms with Crippen LogP contribution in [-0.2, 0) is 14.3 Å². The van der Waals surface area contributed by atoms with E-state index in [1.54, 1.807) is 0 Å². The summed E-state index contributed by atoms with van der Waals surface area (Å²) in [7, 11) is 0. The number of hydrogen-bond acceptors (Lipinski definition) is 4. The summed E-state index contributed by atoms with van der Waals surface area (Å²) in [6.07, 6.45) is 14.0. The molecule has 27 heavy (non-hydrogen) atoms. The van der Waals surface area contributed by atoms with Crippen LogP contribution in [0.2, 0.25) is 0 Å². The molecule has 1 amide bonds. The van der Waals surface area contributed by atoms with Gasteiger partial charge in [-0.25, -0.2) is 0 Å². The molecule has 0 unspecified atom stereocenters. The molecule has 1 atom stereocenters. The monoisotopic (exact) mass is 370 g/mol. The molecule has 4 bridgehead atoms. The lowest BCUT2D eigenvalue weighted by atomic mass is 9.52. The predicted octanol–water partition coefficient (Wildman–Crippen LogP) is 3.60. The summed E-state index contributed by atoms with van der Waals surface area (Å²) in [6.45, 7) is 0.289. The van der Waals surface area contributed by atoms with Gasteiger partial charge < -0.3 is 9.64 Å². The maximum atomic E-state index is 13.1. The topological polar surface area (TPSA) is 70.4 Å². The van der Waals surface area contributed by atoms with Gasteiger partial charge in [-0.05, 0) is 75.5 Å². The summed E-state index contributed by atoms with van der Waals surface area (Å²) in [6, 6.07) is 2.19. The highest BCUT2D eigenvalue weighted by molar-refractivity contribution is 5.82. The zero-order chi connectivity index (χ0) is 18.9. The average Bonchev–Trinajstić information content (AvgIpc) is 2.66. The van der Waals surface area contributed by atoms with Crippen molar-refractivity contribution in [2.24, 2.45) is 23.7 Å². The fourth-order valence-electron chi connectivity index (χ4n) is 6.52. The van der Waals surface area contributed by atoms with Gasteiger partial charge in [-0.3, -0.25) is 9.59 Å². The molecule has 0 aliphatic heterocycles. The molecule has 5 aliphatic carbocycles. The lowest BCUT2D eigenvalue weighted by molar-refractivity contribution is -0.164. The van der Waals surface area contributed by atoms with Gasteiger partial charge in [0.1, 0.15) is 0 Å². The van der Waals surface area contributed by atoms with Crippen molar-refractivity contribution >= 4 is 11.9 Å². The minimum absolute atomic E-state index is 0.0946. The van der Waals surface area contributed by atoms with Gasteiger partial charge in [0.15, 0.2) is 6.61 Å². The molecule has 0 aromatic rings. The first-order chi connectivity index (χ1) is 13.1. The minimum Gasteiger partial charge on any atom is -0.455 e. The van der Waals surface area contributed by atoms with Crippen molar-refractivity contribution in [1.29, 1.82) is 5.26 Å². The van der Waals surface area contributed by atoms with Crippen LogP contribution in [0.25, 0.3) is 0 Å². The first-order valence-electron chi connectivity index (χ1n) is 10.6. The Labute approximate surface area is 161 Å². The van der Waals surface area contributed by atoms with Gasteiger partial charge in [0.25, 0.3) is 5.91 Å². The standard InChI is InChI=1S/C22H30N2O3/c23-7-4-8-24(20(25)15-27-21(26)19-5-2-1-3-6-19)22-12-16-9-17(13-22)11-18(10-16)14-22/h1-2,16-19H,3-6,8-15H2/t16?,17?,18?,19-,22?/m0/s1.